The van der Waals surface area contributed by atoms with Gasteiger partial charge in [0.1, 0.15) is 13.7 Å². The third kappa shape index (κ3) is 5.75. The van der Waals surface area contributed by atoms with Crippen LogP contribution in [0, 0.1) is 0 Å². The van der Waals surface area contributed by atoms with Gasteiger partial charge in [-0.1, -0.05) is 0 Å². The molecule has 0 heterocycles. The Kier molecular flexibility index (Phi) is 4.55. The Balaban J connectivity index is 4.89. The zero-order valence-corrected chi connectivity index (χ0v) is 9.51. The van der Waals surface area contributed by atoms with E-state index >= 15 is 0 Å². The van der Waals surface area contributed by atoms with Crippen molar-refractivity contribution in [2.75, 3.05) is 26.2 Å². The Hall–Kier alpha value is -1.04. The molecule has 0 fully saturated rings. The summed E-state index contributed by atoms with van der Waals surface area (Å²) in [6.45, 7) is 1.22. The number of halogens is 3. The van der Waals surface area contributed by atoms with Crippen LogP contribution in [0.3, 0.4) is 0 Å². The van der Waals surface area contributed by atoms with Gasteiger partial charge in [-0.05, 0) is 13.3 Å². The minimum atomic E-state index is -5.16. The molecule has 0 aliphatic rings. The van der Waals surface area contributed by atoms with Crippen molar-refractivity contribution in [3.63, 3.8) is 0 Å². The molecule has 9 heteroatoms. The number of nitrogens with zero attached hydrogens (tertiary/aromatic N) is 1. The molecule has 0 aliphatic carbocycles. The summed E-state index contributed by atoms with van der Waals surface area (Å²) in [7, 11) is -2.96. The molecule has 0 unspecified atom stereocenters. The summed E-state index contributed by atoms with van der Waals surface area (Å²) in [6.07, 6.45) is -5.87. The highest BCUT2D eigenvalue weighted by atomic mass is 31.2. The second kappa shape index (κ2) is 4.86. The fourth-order valence-corrected chi connectivity index (χ4v) is 1.99. The van der Waals surface area contributed by atoms with Crippen LogP contribution in [0.15, 0.2) is 0 Å². The molecule has 0 saturated heterocycles. The van der Waals surface area contributed by atoms with Crippen LogP contribution in [0.4, 0.5) is 13.2 Å². The average Bonchev–Trinajstić information content (AvgIpc) is 1.96. The molecule has 0 spiro atoms. The lowest BCUT2D eigenvalue weighted by atomic mass is 10.5. The van der Waals surface area contributed by atoms with Gasteiger partial charge in [-0.2, -0.15) is 13.2 Å². The molecule has 1 N–H and O–H groups in total. The van der Waals surface area contributed by atoms with Gasteiger partial charge in [0.25, 0.3) is 0 Å². The van der Waals surface area contributed by atoms with Crippen molar-refractivity contribution in [1.29, 1.82) is 0 Å². The highest BCUT2D eigenvalue weighted by molar-refractivity contribution is 7.62. The quantitative estimate of drug-likeness (QED) is 0.767. The van der Waals surface area contributed by atoms with Crippen molar-refractivity contribution in [2.45, 2.75) is 6.18 Å². The van der Waals surface area contributed by atoms with E-state index in [4.69, 9.17) is 5.11 Å². The Morgan fingerprint density at radius 2 is 1.75 bits per heavy atom. The third-order valence-corrected chi connectivity index (χ3v) is 2.39. The maximum absolute atomic E-state index is 12.1. The summed E-state index contributed by atoms with van der Waals surface area (Å²) in [6, 6.07) is 0. The van der Waals surface area contributed by atoms with E-state index in [0.29, 0.717) is 0 Å². The van der Waals surface area contributed by atoms with Crippen LogP contribution in [0.5, 0.6) is 0 Å². The van der Waals surface area contributed by atoms with E-state index in [-0.39, 0.29) is 4.90 Å². The van der Waals surface area contributed by atoms with Gasteiger partial charge in [-0.15, -0.1) is 0 Å². The maximum Gasteiger partial charge on any atom is 0.471 e. The highest BCUT2D eigenvalue weighted by Crippen LogP contribution is 2.37. The number of carbonyl (C=O) groups excluding carboxylic acids is 1. The van der Waals surface area contributed by atoms with Gasteiger partial charge in [0.15, 0.2) is 0 Å². The van der Waals surface area contributed by atoms with Gasteiger partial charge in [-0.3, -0.25) is 9.59 Å². The average molecular weight is 261 g/mol. The number of amides is 1. The van der Waals surface area contributed by atoms with Gasteiger partial charge < -0.3 is 14.6 Å². The largest absolute Gasteiger partial charge is 0.480 e. The molecule has 94 valence electrons. The first-order valence-corrected chi connectivity index (χ1v) is 6.84. The lowest BCUT2D eigenvalue weighted by Gasteiger charge is -2.23. The lowest BCUT2D eigenvalue weighted by Crippen LogP contribution is -2.44. The first-order chi connectivity index (χ1) is 6.93. The van der Waals surface area contributed by atoms with E-state index in [0.717, 1.165) is 0 Å². The molecule has 16 heavy (non-hydrogen) atoms. The predicted octanol–water partition coefficient (Wildman–Crippen LogP) is 1.04. The number of hydrogen-bond donors (Lipinski definition) is 1. The van der Waals surface area contributed by atoms with Gasteiger partial charge >= 0.3 is 18.1 Å². The van der Waals surface area contributed by atoms with E-state index < -0.39 is 38.0 Å². The van der Waals surface area contributed by atoms with Crippen LogP contribution in [0.1, 0.15) is 0 Å². The minimum Gasteiger partial charge on any atom is -0.480 e. The third-order valence-electron chi connectivity index (χ3n) is 1.37. The minimum absolute atomic E-state index is 0.0309. The number of aliphatic carboxylic acids is 1. The zero-order chi connectivity index (χ0) is 13.1. The van der Waals surface area contributed by atoms with E-state index in [2.05, 4.69) is 0 Å². The van der Waals surface area contributed by atoms with Crippen LogP contribution in [0.2, 0.25) is 0 Å². The maximum atomic E-state index is 12.1. The van der Waals surface area contributed by atoms with Crippen molar-refractivity contribution in [2.24, 2.45) is 0 Å². The second-order valence-corrected chi connectivity index (χ2v) is 7.04. The van der Waals surface area contributed by atoms with Crippen LogP contribution < -0.4 is 0 Å². The molecule has 0 radical (unpaired) electrons. The summed E-state index contributed by atoms with van der Waals surface area (Å²) in [5.74, 6) is -3.88. The van der Waals surface area contributed by atoms with E-state index in [1.165, 1.54) is 13.3 Å². The zero-order valence-electron chi connectivity index (χ0n) is 8.61. The summed E-state index contributed by atoms with van der Waals surface area (Å²) >= 11 is 0. The standard InChI is InChI=1S/C7H11F3NO4P/c1-16(2,15)4-11(3-5(12)13)6(14)7(8,9)10/h3-4H2,1-2H3,(H,12,13). The van der Waals surface area contributed by atoms with Gasteiger partial charge in [0.2, 0.25) is 0 Å². The molecule has 0 atom stereocenters. The van der Waals surface area contributed by atoms with Crippen LogP contribution in [-0.4, -0.2) is 54.2 Å². The molecule has 0 rings (SSSR count). The lowest BCUT2D eigenvalue weighted by molar-refractivity contribution is -0.185. The second-order valence-electron chi connectivity index (χ2n) is 3.61. The van der Waals surface area contributed by atoms with E-state index in [9.17, 15) is 27.3 Å². The van der Waals surface area contributed by atoms with Crippen molar-refractivity contribution in [3.8, 4) is 0 Å². The Bertz CT molecular complexity index is 335. The fourth-order valence-electron chi connectivity index (χ4n) is 0.940. The normalized spacial score (nSPS) is 12.3. The monoisotopic (exact) mass is 261 g/mol. The molecule has 0 bridgehead atoms. The predicted molar refractivity (Wildman–Crippen MR) is 49.7 cm³/mol. The highest BCUT2D eigenvalue weighted by Gasteiger charge is 2.43. The summed E-state index contributed by atoms with van der Waals surface area (Å²) in [4.78, 5) is 21.1. The molecular weight excluding hydrogens is 250 g/mol. The Morgan fingerprint density at radius 3 is 2.00 bits per heavy atom. The van der Waals surface area contributed by atoms with E-state index in [1.54, 1.807) is 0 Å². The number of carboxylic acids is 1. The number of carbonyl (C=O) groups is 2. The summed E-state index contributed by atoms with van der Waals surface area (Å²) in [5, 5.41) is 8.34. The fraction of sp³-hybridized carbons (Fsp3) is 0.714. The van der Waals surface area contributed by atoms with Crippen molar-refractivity contribution < 1.29 is 32.4 Å². The Morgan fingerprint density at radius 1 is 1.31 bits per heavy atom. The van der Waals surface area contributed by atoms with Crippen LogP contribution in [-0.2, 0) is 14.2 Å². The molecule has 0 aromatic heterocycles. The molecular formula is C7H11F3NO4P. The van der Waals surface area contributed by atoms with Crippen molar-refractivity contribution in [3.05, 3.63) is 0 Å². The number of hydrogen-bond acceptors (Lipinski definition) is 3. The smallest absolute Gasteiger partial charge is 0.471 e. The molecule has 0 aromatic carbocycles. The topological polar surface area (TPSA) is 74.7 Å². The molecule has 1 amide bonds. The van der Waals surface area contributed by atoms with Crippen molar-refractivity contribution in [1.82, 2.24) is 4.90 Å². The SMILES string of the molecule is CP(C)(=O)CN(CC(=O)O)C(=O)C(F)(F)F. The van der Waals surface area contributed by atoms with Gasteiger partial charge in [-0.25, -0.2) is 0 Å². The number of rotatable bonds is 4. The number of alkyl halides is 3. The first-order valence-electron chi connectivity index (χ1n) is 4.05. The van der Waals surface area contributed by atoms with Crippen LogP contribution >= 0.6 is 7.14 Å². The summed E-state index contributed by atoms with van der Waals surface area (Å²) < 4.78 is 47.4. The van der Waals surface area contributed by atoms with Gasteiger partial charge in [0.05, 0.1) is 6.29 Å². The molecule has 0 saturated carbocycles. The molecule has 5 nitrogen and oxygen atoms in total. The van der Waals surface area contributed by atoms with Crippen LogP contribution in [0.25, 0.3) is 0 Å². The molecule has 0 aromatic rings. The Labute approximate surface area is 89.6 Å². The molecule has 0 aliphatic heterocycles. The van der Waals surface area contributed by atoms with Gasteiger partial charge in [0, 0.05) is 0 Å². The van der Waals surface area contributed by atoms with E-state index in [1.807, 2.05) is 0 Å². The summed E-state index contributed by atoms with van der Waals surface area (Å²) in [5.41, 5.74) is 0. The number of carboxylic acid groups (broad SMARTS) is 1. The first kappa shape index (κ1) is 15.0. The van der Waals surface area contributed by atoms with Crippen molar-refractivity contribution >= 4 is 19.0 Å².